The molecule has 1 unspecified atom stereocenters. The molecule has 17 heavy (non-hydrogen) atoms. The van der Waals surface area contributed by atoms with Crippen LogP contribution in [0.4, 0.5) is 11.4 Å². The van der Waals surface area contributed by atoms with E-state index in [2.05, 4.69) is 25.2 Å². The number of thioether (sulfide) groups is 1. The van der Waals surface area contributed by atoms with Crippen molar-refractivity contribution < 1.29 is 0 Å². The van der Waals surface area contributed by atoms with Gasteiger partial charge < -0.3 is 11.1 Å². The second-order valence-electron chi connectivity index (χ2n) is 3.94. The highest BCUT2D eigenvalue weighted by Gasteiger charge is 2.04. The summed E-state index contributed by atoms with van der Waals surface area (Å²) in [6.45, 7) is 4.33. The predicted octanol–water partition coefficient (Wildman–Crippen LogP) is 3.08. The quantitative estimate of drug-likeness (QED) is 0.601. The van der Waals surface area contributed by atoms with E-state index in [4.69, 9.17) is 11.0 Å². The van der Waals surface area contributed by atoms with E-state index < -0.39 is 0 Å². The summed E-state index contributed by atoms with van der Waals surface area (Å²) in [5.74, 6) is 2.33. The molecule has 0 aliphatic carbocycles. The van der Waals surface area contributed by atoms with Crippen LogP contribution < -0.4 is 11.1 Å². The number of hydrogen-bond donors (Lipinski definition) is 2. The van der Waals surface area contributed by atoms with E-state index in [0.717, 1.165) is 23.6 Å². The summed E-state index contributed by atoms with van der Waals surface area (Å²) in [5, 5.41) is 12.2. The van der Waals surface area contributed by atoms with Crippen molar-refractivity contribution in [2.45, 2.75) is 26.3 Å². The largest absolute Gasteiger partial charge is 0.398 e. The van der Waals surface area contributed by atoms with Crippen molar-refractivity contribution in [1.29, 1.82) is 5.26 Å². The smallest absolute Gasteiger partial charge is 0.101 e. The Labute approximate surface area is 107 Å². The van der Waals surface area contributed by atoms with Gasteiger partial charge in [0.15, 0.2) is 0 Å². The molecule has 1 aromatic carbocycles. The summed E-state index contributed by atoms with van der Waals surface area (Å²) in [6.07, 6.45) is 1.12. The number of anilines is 2. The number of nitriles is 1. The molecule has 0 bridgehead atoms. The first-order valence-corrected chi connectivity index (χ1v) is 6.96. The minimum absolute atomic E-state index is 0.418. The SMILES string of the molecule is CCSCCC(C)Nc1ccc(C#N)c(N)c1. The molecule has 92 valence electrons. The Hall–Kier alpha value is -1.34. The van der Waals surface area contributed by atoms with Crippen LogP contribution in [0.15, 0.2) is 18.2 Å². The molecule has 3 N–H and O–H groups in total. The summed E-state index contributed by atoms with van der Waals surface area (Å²) in [5.41, 5.74) is 7.81. The van der Waals surface area contributed by atoms with Crippen molar-refractivity contribution in [2.24, 2.45) is 0 Å². The topological polar surface area (TPSA) is 61.8 Å². The molecule has 0 spiro atoms. The Morgan fingerprint density at radius 2 is 2.29 bits per heavy atom. The Morgan fingerprint density at radius 3 is 2.88 bits per heavy atom. The van der Waals surface area contributed by atoms with E-state index in [-0.39, 0.29) is 0 Å². The van der Waals surface area contributed by atoms with Gasteiger partial charge in [-0.3, -0.25) is 0 Å². The summed E-state index contributed by atoms with van der Waals surface area (Å²) in [4.78, 5) is 0. The highest BCUT2D eigenvalue weighted by Crippen LogP contribution is 2.18. The molecule has 0 aliphatic rings. The van der Waals surface area contributed by atoms with Crippen molar-refractivity contribution in [3.05, 3.63) is 23.8 Å². The van der Waals surface area contributed by atoms with Crippen LogP contribution in [0.1, 0.15) is 25.8 Å². The van der Waals surface area contributed by atoms with E-state index >= 15 is 0 Å². The molecular formula is C13H19N3S. The van der Waals surface area contributed by atoms with Gasteiger partial charge in [-0.05, 0) is 43.0 Å². The lowest BCUT2D eigenvalue weighted by Crippen LogP contribution is -2.16. The van der Waals surface area contributed by atoms with Gasteiger partial charge in [0, 0.05) is 11.7 Å². The van der Waals surface area contributed by atoms with Crippen LogP contribution in [-0.2, 0) is 0 Å². The van der Waals surface area contributed by atoms with Crippen molar-refractivity contribution in [3.63, 3.8) is 0 Å². The van der Waals surface area contributed by atoms with Gasteiger partial charge >= 0.3 is 0 Å². The maximum Gasteiger partial charge on any atom is 0.101 e. The van der Waals surface area contributed by atoms with Gasteiger partial charge in [0.2, 0.25) is 0 Å². The third-order valence-electron chi connectivity index (χ3n) is 2.48. The van der Waals surface area contributed by atoms with E-state index in [1.54, 1.807) is 6.07 Å². The number of nitrogens with one attached hydrogen (secondary N) is 1. The van der Waals surface area contributed by atoms with Crippen molar-refractivity contribution >= 4 is 23.1 Å². The summed E-state index contributed by atoms with van der Waals surface area (Å²) in [6, 6.07) is 7.96. The molecule has 0 amide bonds. The van der Waals surface area contributed by atoms with Gasteiger partial charge in [0.1, 0.15) is 6.07 Å². The normalized spacial score (nSPS) is 11.8. The molecule has 0 fully saturated rings. The standard InChI is InChI=1S/C13H19N3S/c1-3-17-7-6-10(2)16-12-5-4-11(9-14)13(15)8-12/h4-5,8,10,16H,3,6-7,15H2,1-2H3. The fraction of sp³-hybridized carbons (Fsp3) is 0.462. The minimum Gasteiger partial charge on any atom is -0.398 e. The summed E-state index contributed by atoms with van der Waals surface area (Å²) >= 11 is 1.95. The molecule has 0 aromatic heterocycles. The zero-order chi connectivity index (χ0) is 12.7. The van der Waals surface area contributed by atoms with Crippen LogP contribution in [0.25, 0.3) is 0 Å². The Balaban J connectivity index is 2.51. The van der Waals surface area contributed by atoms with E-state index in [1.165, 1.54) is 0 Å². The molecule has 0 saturated carbocycles. The van der Waals surface area contributed by atoms with Crippen LogP contribution >= 0.6 is 11.8 Å². The van der Waals surface area contributed by atoms with Gasteiger partial charge in [-0.15, -0.1) is 0 Å². The molecule has 0 aliphatic heterocycles. The number of nitrogens with zero attached hydrogens (tertiary/aromatic N) is 1. The zero-order valence-corrected chi connectivity index (χ0v) is 11.2. The van der Waals surface area contributed by atoms with Crippen molar-refractivity contribution in [2.75, 3.05) is 22.6 Å². The first-order valence-electron chi connectivity index (χ1n) is 5.81. The van der Waals surface area contributed by atoms with Crippen LogP contribution in [0.5, 0.6) is 0 Å². The predicted molar refractivity (Wildman–Crippen MR) is 76.3 cm³/mol. The summed E-state index contributed by atoms with van der Waals surface area (Å²) in [7, 11) is 0. The highest BCUT2D eigenvalue weighted by molar-refractivity contribution is 7.99. The monoisotopic (exact) mass is 249 g/mol. The van der Waals surface area contributed by atoms with Gasteiger partial charge in [0.25, 0.3) is 0 Å². The van der Waals surface area contributed by atoms with Crippen LogP contribution in [0.3, 0.4) is 0 Å². The molecule has 3 nitrogen and oxygen atoms in total. The number of benzene rings is 1. The van der Waals surface area contributed by atoms with E-state index in [1.807, 2.05) is 23.9 Å². The maximum absolute atomic E-state index is 8.78. The number of rotatable bonds is 6. The number of nitrogens with two attached hydrogens (primary N) is 1. The van der Waals surface area contributed by atoms with Crippen molar-refractivity contribution in [1.82, 2.24) is 0 Å². The maximum atomic E-state index is 8.78. The average Bonchev–Trinajstić information content (AvgIpc) is 2.29. The second kappa shape index (κ2) is 7.08. The lowest BCUT2D eigenvalue weighted by atomic mass is 10.1. The molecule has 0 heterocycles. The molecule has 4 heteroatoms. The first-order chi connectivity index (χ1) is 8.17. The van der Waals surface area contributed by atoms with Crippen LogP contribution in [0, 0.1) is 11.3 Å². The molecular weight excluding hydrogens is 230 g/mol. The Morgan fingerprint density at radius 1 is 1.53 bits per heavy atom. The van der Waals surface area contributed by atoms with Gasteiger partial charge in [-0.2, -0.15) is 17.0 Å². The van der Waals surface area contributed by atoms with Gasteiger partial charge in [0.05, 0.1) is 11.3 Å². The van der Waals surface area contributed by atoms with E-state index in [9.17, 15) is 0 Å². The van der Waals surface area contributed by atoms with Gasteiger partial charge in [-0.25, -0.2) is 0 Å². The molecule has 1 atom stereocenters. The third kappa shape index (κ3) is 4.58. The average molecular weight is 249 g/mol. The number of hydrogen-bond acceptors (Lipinski definition) is 4. The minimum atomic E-state index is 0.418. The molecule has 1 rings (SSSR count). The van der Waals surface area contributed by atoms with Crippen molar-refractivity contribution in [3.8, 4) is 6.07 Å². The van der Waals surface area contributed by atoms with E-state index in [0.29, 0.717) is 17.3 Å². The fourth-order valence-electron chi connectivity index (χ4n) is 1.52. The van der Waals surface area contributed by atoms with Crippen LogP contribution in [-0.4, -0.2) is 17.5 Å². The molecule has 1 aromatic rings. The summed E-state index contributed by atoms with van der Waals surface area (Å²) < 4.78 is 0. The molecule has 0 saturated heterocycles. The zero-order valence-electron chi connectivity index (χ0n) is 10.4. The Kier molecular flexibility index (Phi) is 5.71. The Bertz CT molecular complexity index is 398. The molecule has 0 radical (unpaired) electrons. The fourth-order valence-corrected chi connectivity index (χ4v) is 2.32. The van der Waals surface area contributed by atoms with Gasteiger partial charge in [-0.1, -0.05) is 6.92 Å². The first kappa shape index (κ1) is 13.7. The number of nitrogen functional groups attached to an aromatic ring is 1. The second-order valence-corrected chi connectivity index (χ2v) is 5.34. The van der Waals surface area contributed by atoms with Crippen LogP contribution in [0.2, 0.25) is 0 Å². The lowest BCUT2D eigenvalue weighted by Gasteiger charge is -2.15. The highest BCUT2D eigenvalue weighted by atomic mass is 32.2. The lowest BCUT2D eigenvalue weighted by molar-refractivity contribution is 0.772. The third-order valence-corrected chi connectivity index (χ3v) is 3.42.